The molecule has 0 aromatic heterocycles. The van der Waals surface area contributed by atoms with E-state index in [0.717, 1.165) is 11.3 Å². The van der Waals surface area contributed by atoms with Crippen LogP contribution in [0.3, 0.4) is 0 Å². The van der Waals surface area contributed by atoms with E-state index in [1.807, 2.05) is 32.0 Å². The van der Waals surface area contributed by atoms with Gasteiger partial charge in [0, 0.05) is 43.7 Å². The molecule has 2 rings (SSSR count). The normalized spacial score (nSPS) is 13.6. The Morgan fingerprint density at radius 2 is 1.00 bits per heavy atom. The lowest BCUT2D eigenvalue weighted by Crippen LogP contribution is -2.19. The van der Waals surface area contributed by atoms with Crippen LogP contribution in [0.15, 0.2) is 36.4 Å². The summed E-state index contributed by atoms with van der Waals surface area (Å²) in [5.41, 5.74) is 6.82. The van der Waals surface area contributed by atoms with Gasteiger partial charge >= 0.3 is 0 Å². The first-order valence-electron chi connectivity index (χ1n) is 11.5. The van der Waals surface area contributed by atoms with E-state index in [2.05, 4.69) is 78.7 Å². The molecule has 0 unspecified atom stereocenters. The van der Waals surface area contributed by atoms with E-state index in [0.29, 0.717) is 5.56 Å². The van der Waals surface area contributed by atoms with Crippen molar-refractivity contribution in [3.05, 3.63) is 58.7 Å². The molecular weight excluding hydrogens is 340 g/mol. The van der Waals surface area contributed by atoms with Crippen LogP contribution in [-0.2, 0) is 10.8 Å². The van der Waals surface area contributed by atoms with Crippen LogP contribution in [-0.4, -0.2) is 28.2 Å². The molecular formula is C26H42N2. The fourth-order valence-corrected chi connectivity index (χ4v) is 2.76. The van der Waals surface area contributed by atoms with Crippen molar-refractivity contribution in [2.45, 2.75) is 66.1 Å². The highest BCUT2D eigenvalue weighted by molar-refractivity contribution is 5.53. The minimum atomic E-state index is -2.02. The van der Waals surface area contributed by atoms with Crippen LogP contribution in [0, 0.1) is 13.8 Å². The average molecular weight is 386 g/mol. The number of hydrogen-bond acceptors (Lipinski definition) is 2. The quantitative estimate of drug-likeness (QED) is 0.566. The molecule has 28 heavy (non-hydrogen) atoms. The van der Waals surface area contributed by atoms with Crippen LogP contribution >= 0.6 is 0 Å². The van der Waals surface area contributed by atoms with E-state index in [9.17, 15) is 0 Å². The molecule has 0 aliphatic carbocycles. The first-order chi connectivity index (χ1) is 13.8. The lowest BCUT2D eigenvalue weighted by Gasteiger charge is -2.27. The summed E-state index contributed by atoms with van der Waals surface area (Å²) in [4.78, 5) is 4.09. The van der Waals surface area contributed by atoms with Crippen LogP contribution < -0.4 is 9.80 Å². The van der Waals surface area contributed by atoms with Crippen LogP contribution in [0.1, 0.15) is 67.9 Å². The average Bonchev–Trinajstić information content (AvgIpc) is 2.59. The van der Waals surface area contributed by atoms with E-state index in [1.165, 1.54) is 16.8 Å². The maximum atomic E-state index is 7.32. The predicted octanol–water partition coefficient (Wildman–Crippen LogP) is 6.72. The van der Waals surface area contributed by atoms with Crippen molar-refractivity contribution in [3.63, 3.8) is 0 Å². The highest BCUT2D eigenvalue weighted by Crippen LogP contribution is 2.32. The number of hydrogen-bond donors (Lipinski definition) is 0. The molecule has 156 valence electrons. The largest absolute Gasteiger partial charge is 0.378 e. The van der Waals surface area contributed by atoms with Crippen molar-refractivity contribution in [1.82, 2.24) is 0 Å². The van der Waals surface area contributed by atoms with Crippen LogP contribution in [0.4, 0.5) is 11.4 Å². The van der Waals surface area contributed by atoms with Gasteiger partial charge in [-0.2, -0.15) is 0 Å². The molecule has 0 aliphatic rings. The van der Waals surface area contributed by atoms with Gasteiger partial charge in [0.2, 0.25) is 0 Å². The maximum absolute atomic E-state index is 7.32. The number of benzene rings is 2. The summed E-state index contributed by atoms with van der Waals surface area (Å²) in [5.74, 6) is 0. The van der Waals surface area contributed by atoms with Crippen LogP contribution in [0.25, 0.3) is 0 Å². The molecule has 0 radical (unpaired) electrons. The fraction of sp³-hybridized carbons (Fsp3) is 0.538. The van der Waals surface area contributed by atoms with Crippen molar-refractivity contribution in [2.75, 3.05) is 38.0 Å². The lowest BCUT2D eigenvalue weighted by atomic mass is 9.80. The van der Waals surface area contributed by atoms with E-state index >= 15 is 0 Å². The Hall–Kier alpha value is -1.96. The van der Waals surface area contributed by atoms with Gasteiger partial charge in [-0.25, -0.2) is 0 Å². The maximum Gasteiger partial charge on any atom is 0.0366 e. The second-order valence-corrected chi connectivity index (χ2v) is 10.1. The highest BCUT2D eigenvalue weighted by atomic mass is 15.1. The minimum absolute atomic E-state index is 0.200. The number of aryl methyl sites for hydroxylation is 2. The molecule has 0 saturated heterocycles. The standard InChI is InChI=1S/C16H27N.C10H15N/c1-15(2,3)12-9-13(16(4,5)6)11-14(10-12)17(7)8;1-8-5-9(2)7-10(6-8)11(3)4/h9-11H,1-8H3;5-7H,1-4H3/i;1D3. The lowest BCUT2D eigenvalue weighted by molar-refractivity contribution is 0.568. The number of rotatable bonds is 2. The summed E-state index contributed by atoms with van der Waals surface area (Å²) >= 11 is 0. The summed E-state index contributed by atoms with van der Waals surface area (Å²) in [6, 6.07) is 12.3. The zero-order valence-corrected chi connectivity index (χ0v) is 19.9. The molecule has 2 aromatic rings. The van der Waals surface area contributed by atoms with Gasteiger partial charge in [-0.15, -0.1) is 0 Å². The third-order valence-corrected chi connectivity index (χ3v) is 4.74. The Labute approximate surface area is 178 Å². The van der Waals surface area contributed by atoms with Crippen molar-refractivity contribution in [1.29, 1.82) is 0 Å². The monoisotopic (exact) mass is 385 g/mol. The molecule has 2 nitrogen and oxygen atoms in total. The fourth-order valence-electron chi connectivity index (χ4n) is 2.76. The Balaban J connectivity index is 0.000000316. The molecule has 2 aromatic carbocycles. The van der Waals surface area contributed by atoms with Gasteiger partial charge in [0.15, 0.2) is 0 Å². The second kappa shape index (κ2) is 9.03. The third-order valence-electron chi connectivity index (χ3n) is 4.74. The van der Waals surface area contributed by atoms with E-state index in [-0.39, 0.29) is 10.8 Å². The summed E-state index contributed by atoms with van der Waals surface area (Å²) in [7, 11) is 8.01. The smallest absolute Gasteiger partial charge is 0.0366 e. The zero-order chi connectivity index (χ0) is 24.4. The third kappa shape index (κ3) is 7.22. The second-order valence-electron chi connectivity index (χ2n) is 10.1. The van der Waals surface area contributed by atoms with Crippen LogP contribution in [0.5, 0.6) is 0 Å². The Morgan fingerprint density at radius 3 is 1.36 bits per heavy atom. The molecule has 0 fully saturated rings. The van der Waals surface area contributed by atoms with E-state index in [1.54, 1.807) is 12.1 Å². The molecule has 0 aliphatic heterocycles. The molecule has 0 atom stereocenters. The first-order valence-corrected chi connectivity index (χ1v) is 9.95. The molecule has 0 bridgehead atoms. The molecule has 0 saturated carbocycles. The van der Waals surface area contributed by atoms with Gasteiger partial charge in [0.05, 0.1) is 0 Å². The van der Waals surface area contributed by atoms with Crippen molar-refractivity contribution in [3.8, 4) is 0 Å². The molecule has 0 amide bonds. The summed E-state index contributed by atoms with van der Waals surface area (Å²) in [6.45, 7) is 13.5. The highest BCUT2D eigenvalue weighted by Gasteiger charge is 2.20. The van der Waals surface area contributed by atoms with Gasteiger partial charge in [0.25, 0.3) is 0 Å². The topological polar surface area (TPSA) is 6.48 Å². The van der Waals surface area contributed by atoms with Gasteiger partial charge in [-0.05, 0) is 71.1 Å². The van der Waals surface area contributed by atoms with Gasteiger partial charge in [-0.1, -0.05) is 53.7 Å². The van der Waals surface area contributed by atoms with Crippen molar-refractivity contribution >= 4 is 11.4 Å². The van der Waals surface area contributed by atoms with E-state index < -0.39 is 6.85 Å². The summed E-state index contributed by atoms with van der Waals surface area (Å²) in [6.07, 6.45) is 0. The Morgan fingerprint density at radius 1 is 0.607 bits per heavy atom. The molecule has 0 heterocycles. The Bertz CT molecular complexity index is 835. The predicted molar refractivity (Wildman–Crippen MR) is 128 cm³/mol. The van der Waals surface area contributed by atoms with Gasteiger partial charge in [0.1, 0.15) is 0 Å². The zero-order valence-electron chi connectivity index (χ0n) is 22.9. The van der Waals surface area contributed by atoms with E-state index in [4.69, 9.17) is 4.11 Å². The summed E-state index contributed by atoms with van der Waals surface area (Å²) < 4.78 is 22.0. The Kier molecular flexibility index (Phi) is 6.24. The SMILES string of the molecule is CN(C)c1cc(C(C)(C)C)cc(C(C)(C)C)c1.[2H]C([2H])([2H])c1cc(C)cc(N(C)C)c1. The van der Waals surface area contributed by atoms with Gasteiger partial charge < -0.3 is 9.80 Å². The van der Waals surface area contributed by atoms with Crippen molar-refractivity contribution < 1.29 is 4.11 Å². The molecule has 0 spiro atoms. The first kappa shape index (κ1) is 19.4. The minimum Gasteiger partial charge on any atom is -0.378 e. The van der Waals surface area contributed by atoms with Gasteiger partial charge in [-0.3, -0.25) is 0 Å². The number of nitrogens with zero attached hydrogens (tertiary/aromatic N) is 2. The molecule has 0 N–H and O–H groups in total. The van der Waals surface area contributed by atoms with Crippen molar-refractivity contribution in [2.24, 2.45) is 0 Å². The number of anilines is 2. The summed E-state index contributed by atoms with van der Waals surface area (Å²) in [5, 5.41) is 0. The van der Waals surface area contributed by atoms with Crippen LogP contribution in [0.2, 0.25) is 0 Å². The molecule has 2 heteroatoms.